The van der Waals surface area contributed by atoms with Crippen LogP contribution in [0.4, 0.5) is 0 Å². The van der Waals surface area contributed by atoms with Crippen molar-refractivity contribution >= 4 is 19.7 Å². The third-order valence-corrected chi connectivity index (χ3v) is 18.0. The minimum Gasteiger partial charge on any atom is -0.456 e. The van der Waals surface area contributed by atoms with Crippen molar-refractivity contribution in [2.75, 3.05) is 40.9 Å². The zero-order valence-electron chi connectivity index (χ0n) is 58.1. The van der Waals surface area contributed by atoms with Gasteiger partial charge in [-0.15, -0.1) is 0 Å². The summed E-state index contributed by atoms with van der Waals surface area (Å²) in [5.41, 5.74) is 0. The number of carbonyl (C=O) groups excluding carboxylic acids is 2. The van der Waals surface area contributed by atoms with E-state index in [0.717, 1.165) is 64.2 Å². The fourth-order valence-electron chi connectivity index (χ4n) is 11.2. The van der Waals surface area contributed by atoms with Crippen LogP contribution in [0.2, 0.25) is 0 Å². The Kier molecular flexibility index (Phi) is 64.4. The van der Waals surface area contributed by atoms with Crippen LogP contribution < -0.4 is 5.32 Å². The lowest BCUT2D eigenvalue weighted by Gasteiger charge is -2.27. The van der Waals surface area contributed by atoms with Gasteiger partial charge in [-0.3, -0.25) is 18.6 Å². The van der Waals surface area contributed by atoms with Crippen molar-refractivity contribution in [1.82, 2.24) is 5.32 Å². The number of ether oxygens (including phenoxy) is 1. The van der Waals surface area contributed by atoms with Crippen LogP contribution in [0.1, 0.15) is 374 Å². The van der Waals surface area contributed by atoms with E-state index in [1.807, 2.05) is 27.2 Å². The van der Waals surface area contributed by atoms with Crippen molar-refractivity contribution in [3.63, 3.8) is 0 Å². The van der Waals surface area contributed by atoms with Gasteiger partial charge in [-0.2, -0.15) is 0 Å². The molecule has 0 heterocycles. The molecule has 0 saturated heterocycles. The normalized spacial score (nSPS) is 13.7. The smallest absolute Gasteiger partial charge is 0.456 e. The Morgan fingerprint density at radius 2 is 0.709 bits per heavy atom. The molecule has 0 aromatic rings. The second-order valence-corrected chi connectivity index (χ2v) is 28.3. The van der Waals surface area contributed by atoms with Crippen LogP contribution in [0.15, 0.2) is 48.6 Å². The van der Waals surface area contributed by atoms with E-state index in [1.165, 1.54) is 276 Å². The van der Waals surface area contributed by atoms with E-state index in [9.17, 15) is 19.0 Å². The third kappa shape index (κ3) is 66.4. The third-order valence-electron chi connectivity index (χ3n) is 17.0. The minimum atomic E-state index is -4.45. The fraction of sp³-hybridized carbons (Fsp3) is 0.868. The molecular weight excluding hydrogens is 1080 g/mol. The summed E-state index contributed by atoms with van der Waals surface area (Å²) < 4.78 is 30.9. The van der Waals surface area contributed by atoms with Crippen LogP contribution in [-0.2, 0) is 27.9 Å². The maximum absolute atomic E-state index is 13.6. The van der Waals surface area contributed by atoms with Crippen LogP contribution in [0, 0.1) is 0 Å². The zero-order valence-corrected chi connectivity index (χ0v) is 59.0. The number of allylic oxidation sites excluding steroid dienone is 7. The number of nitrogens with zero attached hydrogens (tertiary/aromatic N) is 1. The number of nitrogens with one attached hydrogen (secondary N) is 1. The monoisotopic (exact) mass is 1230 g/mol. The number of unbranched alkanes of at least 4 members (excludes halogenated alkanes) is 47. The highest BCUT2D eigenvalue weighted by molar-refractivity contribution is 7.47. The quantitative estimate of drug-likeness (QED) is 0.0205. The highest BCUT2D eigenvalue weighted by atomic mass is 31.2. The van der Waals surface area contributed by atoms with Crippen LogP contribution >= 0.6 is 7.82 Å². The first kappa shape index (κ1) is 84.0. The Morgan fingerprint density at radius 3 is 1.08 bits per heavy atom. The molecular formula is C76H146N2O7P+. The summed E-state index contributed by atoms with van der Waals surface area (Å²) in [6.07, 6.45) is 84.2. The number of likely N-dealkylation sites (N-methyl/N-ethyl adjacent to an activating group) is 1. The van der Waals surface area contributed by atoms with E-state index in [1.54, 1.807) is 0 Å². The summed E-state index contributed by atoms with van der Waals surface area (Å²) in [6.45, 7) is 7.04. The maximum Gasteiger partial charge on any atom is 0.472 e. The molecule has 0 aliphatic heterocycles. The number of amides is 1. The molecule has 86 heavy (non-hydrogen) atoms. The van der Waals surface area contributed by atoms with Crippen molar-refractivity contribution < 1.29 is 37.3 Å². The van der Waals surface area contributed by atoms with E-state index in [0.29, 0.717) is 23.9 Å². The molecule has 0 fully saturated rings. The predicted molar refractivity (Wildman–Crippen MR) is 374 cm³/mol. The molecule has 0 radical (unpaired) electrons. The first-order valence-electron chi connectivity index (χ1n) is 37.5. The molecule has 0 aliphatic carbocycles. The Morgan fingerprint density at radius 1 is 0.407 bits per heavy atom. The largest absolute Gasteiger partial charge is 0.472 e. The number of hydrogen-bond donors (Lipinski definition) is 2. The molecule has 3 unspecified atom stereocenters. The molecule has 0 saturated carbocycles. The van der Waals surface area contributed by atoms with Crippen molar-refractivity contribution in [2.24, 2.45) is 0 Å². The maximum atomic E-state index is 13.6. The number of carbonyl (C=O) groups is 2. The molecule has 2 N–H and O–H groups in total. The summed E-state index contributed by atoms with van der Waals surface area (Å²) in [6, 6.07) is -0.847. The molecule has 0 spiro atoms. The molecule has 10 heteroatoms. The number of quaternary nitrogens is 1. The highest BCUT2D eigenvalue weighted by Gasteiger charge is 2.30. The molecule has 0 aromatic carbocycles. The van der Waals surface area contributed by atoms with Gasteiger partial charge >= 0.3 is 13.8 Å². The number of phosphoric ester groups is 1. The number of rotatable bonds is 69. The Balaban J connectivity index is 4.98. The van der Waals surface area contributed by atoms with Gasteiger partial charge in [-0.25, -0.2) is 4.57 Å². The van der Waals surface area contributed by atoms with Gasteiger partial charge in [0.25, 0.3) is 0 Å². The molecule has 0 rings (SSSR count). The summed E-state index contributed by atoms with van der Waals surface area (Å²) >= 11 is 0. The summed E-state index contributed by atoms with van der Waals surface area (Å²) in [4.78, 5) is 38.0. The first-order chi connectivity index (χ1) is 41.9. The first-order valence-corrected chi connectivity index (χ1v) is 39.0. The van der Waals surface area contributed by atoms with Crippen LogP contribution in [-0.4, -0.2) is 74.3 Å². The van der Waals surface area contributed by atoms with Gasteiger partial charge in [-0.1, -0.05) is 320 Å². The van der Waals surface area contributed by atoms with E-state index in [-0.39, 0.29) is 25.1 Å². The summed E-state index contributed by atoms with van der Waals surface area (Å²) in [5, 5.41) is 3.08. The summed E-state index contributed by atoms with van der Waals surface area (Å²) in [5.74, 6) is -0.487. The van der Waals surface area contributed by atoms with Gasteiger partial charge in [0.2, 0.25) is 5.91 Å². The zero-order chi connectivity index (χ0) is 62.8. The standard InChI is InChI=1S/C76H145N2O7P/c1-7-10-13-16-19-22-25-28-30-32-34-36-38-39-41-43-45-47-49-51-54-57-60-63-66-69-76(80)85-74(67-64-61-58-55-52-27-24-21-18-15-12-9-3)73(72-84-86(81,82)83-71-70-78(4,5)6)77-75(79)68-65-62-59-56-53-50-48-46-44-42-40-37-35-33-31-29-26-23-20-17-14-11-8-2/h19,22,28-31,64,67,73-74H,7-18,20-21,23-27,32-63,65-66,68-72H2,1-6H3,(H-,77,79,81,82)/p+1/b22-19-,30-28-,31-29+,67-64+. The molecule has 3 atom stereocenters. The number of phosphoric acid groups is 1. The van der Waals surface area contributed by atoms with Gasteiger partial charge in [0.1, 0.15) is 19.3 Å². The fourth-order valence-corrected chi connectivity index (χ4v) is 11.9. The van der Waals surface area contributed by atoms with Crippen LogP contribution in [0.3, 0.4) is 0 Å². The van der Waals surface area contributed by atoms with Gasteiger partial charge in [-0.05, 0) is 89.5 Å². The second-order valence-electron chi connectivity index (χ2n) is 26.8. The van der Waals surface area contributed by atoms with Crippen molar-refractivity contribution in [3.8, 4) is 0 Å². The predicted octanol–water partition coefficient (Wildman–Crippen LogP) is 24.0. The lowest BCUT2D eigenvalue weighted by molar-refractivity contribution is -0.870. The molecule has 506 valence electrons. The molecule has 1 amide bonds. The van der Waals surface area contributed by atoms with E-state index < -0.39 is 20.0 Å². The van der Waals surface area contributed by atoms with Gasteiger partial charge in [0, 0.05) is 12.8 Å². The van der Waals surface area contributed by atoms with Gasteiger partial charge in [0.15, 0.2) is 0 Å². The molecule has 9 nitrogen and oxygen atoms in total. The molecule has 0 aromatic heterocycles. The minimum absolute atomic E-state index is 0.0422. The second kappa shape index (κ2) is 65.9. The number of hydrogen-bond acceptors (Lipinski definition) is 6. The van der Waals surface area contributed by atoms with E-state index in [2.05, 4.69) is 68.6 Å². The van der Waals surface area contributed by atoms with Crippen LogP contribution in [0.5, 0.6) is 0 Å². The highest BCUT2D eigenvalue weighted by Crippen LogP contribution is 2.43. The molecule has 0 aliphatic rings. The average molecular weight is 1230 g/mol. The average Bonchev–Trinajstić information content (AvgIpc) is 3.65. The van der Waals surface area contributed by atoms with Crippen molar-refractivity contribution in [2.45, 2.75) is 386 Å². The number of esters is 1. The van der Waals surface area contributed by atoms with Crippen LogP contribution in [0.25, 0.3) is 0 Å². The van der Waals surface area contributed by atoms with Gasteiger partial charge in [0.05, 0.1) is 33.8 Å². The Bertz CT molecular complexity index is 1610. The topological polar surface area (TPSA) is 111 Å². The lowest BCUT2D eigenvalue weighted by atomic mass is 10.0. The van der Waals surface area contributed by atoms with Gasteiger partial charge < -0.3 is 19.4 Å². The molecule has 0 bridgehead atoms. The summed E-state index contributed by atoms with van der Waals surface area (Å²) in [7, 11) is 1.51. The Labute approximate surface area is 535 Å². The SMILES string of the molecule is CCCCC/C=C\C/C=C\CCCCCCCCCCCCCCCCCC(=O)OC(/C=C/CCCCCCCCCCCC)C(COP(=O)(O)OCC[N+](C)(C)C)NC(=O)CCCCCCCCCCCCCCC/C=C/CCCCCCCC. The van der Waals surface area contributed by atoms with E-state index in [4.69, 9.17) is 13.8 Å². The van der Waals surface area contributed by atoms with E-state index >= 15 is 0 Å². The Hall–Kier alpha value is -2.03. The van der Waals surface area contributed by atoms with Crippen molar-refractivity contribution in [1.29, 1.82) is 0 Å². The lowest BCUT2D eigenvalue weighted by Crippen LogP contribution is -2.47. The van der Waals surface area contributed by atoms with Crippen molar-refractivity contribution in [3.05, 3.63) is 48.6 Å².